The van der Waals surface area contributed by atoms with E-state index in [1.54, 1.807) is 18.2 Å². The summed E-state index contributed by atoms with van der Waals surface area (Å²) in [6.07, 6.45) is -1.47. The van der Waals surface area contributed by atoms with Crippen LogP contribution in [0.1, 0.15) is 41.9 Å². The minimum absolute atomic E-state index is 0.0366. The van der Waals surface area contributed by atoms with Crippen LogP contribution in [0.25, 0.3) is 5.52 Å². The first-order chi connectivity index (χ1) is 15.6. The number of amides is 2. The van der Waals surface area contributed by atoms with Gasteiger partial charge >= 0.3 is 12.3 Å². The van der Waals surface area contributed by atoms with Gasteiger partial charge in [0.25, 0.3) is 5.91 Å². The molecule has 2 atom stereocenters. The highest BCUT2D eigenvalue weighted by molar-refractivity contribution is 6.04. The van der Waals surface area contributed by atoms with Crippen molar-refractivity contribution < 1.29 is 27.9 Å². The van der Waals surface area contributed by atoms with Crippen molar-refractivity contribution in [1.29, 1.82) is 0 Å². The maximum Gasteiger partial charge on any atom is 0.437 e. The third-order valence-electron chi connectivity index (χ3n) is 5.49. The number of alkyl halides is 3. The Morgan fingerprint density at radius 2 is 1.79 bits per heavy atom. The third kappa shape index (κ3) is 4.86. The first-order valence-electron chi connectivity index (χ1n) is 10.3. The van der Waals surface area contributed by atoms with Crippen LogP contribution < -0.4 is 16.0 Å². The molecule has 13 heteroatoms. The van der Waals surface area contributed by atoms with Gasteiger partial charge in [-0.3, -0.25) is 9.48 Å². The molecule has 2 amide bonds. The lowest BCUT2D eigenvalue weighted by atomic mass is 9.90. The summed E-state index contributed by atoms with van der Waals surface area (Å²) in [6, 6.07) is 6.02. The molecule has 0 aromatic carbocycles. The van der Waals surface area contributed by atoms with Crippen molar-refractivity contribution in [3.05, 3.63) is 41.9 Å². The monoisotopic (exact) mass is 465 g/mol. The number of carbonyl (C=O) groups is 2. The van der Waals surface area contributed by atoms with Crippen molar-refractivity contribution in [2.75, 3.05) is 10.6 Å². The summed E-state index contributed by atoms with van der Waals surface area (Å²) < 4.78 is 41.9. The molecule has 0 bridgehead atoms. The van der Waals surface area contributed by atoms with Crippen LogP contribution in [0.5, 0.6) is 0 Å². The number of nitrogens with zero attached hydrogens (tertiary/aromatic N) is 4. The molecule has 1 aliphatic carbocycles. The molecule has 0 unspecified atom stereocenters. The van der Waals surface area contributed by atoms with E-state index in [9.17, 15) is 22.8 Å². The van der Waals surface area contributed by atoms with E-state index in [1.807, 2.05) is 0 Å². The number of halogens is 3. The summed E-state index contributed by atoms with van der Waals surface area (Å²) in [7, 11) is 1.33. The molecule has 4 N–H and O–H groups in total. The molecule has 1 fully saturated rings. The summed E-state index contributed by atoms with van der Waals surface area (Å²) in [5.41, 5.74) is -1.04. The third-order valence-corrected chi connectivity index (χ3v) is 5.49. The Morgan fingerprint density at radius 3 is 2.48 bits per heavy atom. The molecule has 3 aromatic heterocycles. The molecule has 0 saturated heterocycles. The van der Waals surface area contributed by atoms with Crippen molar-refractivity contribution in [3.8, 4) is 0 Å². The standard InChI is InChI=1S/C20H22F3N7O3/c1-29-10-14(17(28-29)20(21,22)23)25-18(31)15-8-6-11-7-9-16(27-30(11)15)24-12-4-2-3-5-13(12)26-19(32)33/h6-10,12-13,26H,2-5H2,1H3,(H,24,27)(H,25,31)(H,32,33)/t12-,13+/m1/s1. The molecule has 3 aromatic rings. The summed E-state index contributed by atoms with van der Waals surface area (Å²) in [4.78, 5) is 23.9. The lowest BCUT2D eigenvalue weighted by Gasteiger charge is -2.32. The molecule has 33 heavy (non-hydrogen) atoms. The Balaban J connectivity index is 1.57. The molecule has 0 spiro atoms. The molecule has 10 nitrogen and oxygen atoms in total. The summed E-state index contributed by atoms with van der Waals surface area (Å²) in [5, 5.41) is 24.9. The van der Waals surface area contributed by atoms with Crippen molar-refractivity contribution >= 4 is 29.0 Å². The van der Waals surface area contributed by atoms with Gasteiger partial charge in [0.05, 0.1) is 17.2 Å². The van der Waals surface area contributed by atoms with Crippen LogP contribution in [0.4, 0.5) is 29.5 Å². The van der Waals surface area contributed by atoms with Gasteiger partial charge in [0.2, 0.25) is 0 Å². The largest absolute Gasteiger partial charge is 0.465 e. The molecule has 176 valence electrons. The predicted octanol–water partition coefficient (Wildman–Crippen LogP) is 3.33. The van der Waals surface area contributed by atoms with Gasteiger partial charge in [-0.2, -0.15) is 18.3 Å². The topological polar surface area (TPSA) is 126 Å². The number of fused-ring (bicyclic) bond motifs is 1. The molecule has 4 rings (SSSR count). The van der Waals surface area contributed by atoms with E-state index >= 15 is 0 Å². The zero-order chi connectivity index (χ0) is 23.8. The number of hydrogen-bond acceptors (Lipinski definition) is 5. The van der Waals surface area contributed by atoms with Crippen LogP contribution in [0, 0.1) is 0 Å². The lowest BCUT2D eigenvalue weighted by Crippen LogP contribution is -2.48. The second-order valence-corrected chi connectivity index (χ2v) is 7.88. The lowest BCUT2D eigenvalue weighted by molar-refractivity contribution is -0.140. The minimum Gasteiger partial charge on any atom is -0.465 e. The maximum absolute atomic E-state index is 13.2. The summed E-state index contributed by atoms with van der Waals surface area (Å²) >= 11 is 0. The Morgan fingerprint density at radius 1 is 1.09 bits per heavy atom. The highest BCUT2D eigenvalue weighted by atomic mass is 19.4. The van der Waals surface area contributed by atoms with Crippen molar-refractivity contribution in [3.63, 3.8) is 0 Å². The Kier molecular flexibility index (Phi) is 5.87. The van der Waals surface area contributed by atoms with Gasteiger partial charge in [-0.25, -0.2) is 9.31 Å². The van der Waals surface area contributed by atoms with Gasteiger partial charge in [0, 0.05) is 19.3 Å². The zero-order valence-electron chi connectivity index (χ0n) is 17.6. The van der Waals surface area contributed by atoms with Gasteiger partial charge in [0.15, 0.2) is 5.69 Å². The molecule has 1 aliphatic rings. The van der Waals surface area contributed by atoms with E-state index in [1.165, 1.54) is 17.6 Å². The van der Waals surface area contributed by atoms with E-state index in [-0.39, 0.29) is 17.8 Å². The molecular formula is C20H22F3N7O3. The number of carboxylic acid groups (broad SMARTS) is 1. The zero-order valence-corrected chi connectivity index (χ0v) is 17.6. The quantitative estimate of drug-likeness (QED) is 0.458. The predicted molar refractivity (Wildman–Crippen MR) is 112 cm³/mol. The van der Waals surface area contributed by atoms with E-state index in [0.717, 1.165) is 30.1 Å². The van der Waals surface area contributed by atoms with Gasteiger partial charge in [-0.1, -0.05) is 12.8 Å². The van der Waals surface area contributed by atoms with Crippen LogP contribution in [0.3, 0.4) is 0 Å². The van der Waals surface area contributed by atoms with E-state index in [2.05, 4.69) is 26.1 Å². The van der Waals surface area contributed by atoms with E-state index < -0.39 is 29.6 Å². The molecular weight excluding hydrogens is 443 g/mol. The first-order valence-corrected chi connectivity index (χ1v) is 10.3. The van der Waals surface area contributed by atoms with Gasteiger partial charge in [-0.05, 0) is 37.1 Å². The fourth-order valence-electron chi connectivity index (χ4n) is 4.04. The van der Waals surface area contributed by atoms with Gasteiger partial charge in [-0.15, -0.1) is 5.10 Å². The van der Waals surface area contributed by atoms with Crippen LogP contribution >= 0.6 is 0 Å². The molecule has 0 aliphatic heterocycles. The average molecular weight is 465 g/mol. The number of nitrogens with one attached hydrogen (secondary N) is 3. The minimum atomic E-state index is -4.72. The highest BCUT2D eigenvalue weighted by Gasteiger charge is 2.38. The average Bonchev–Trinajstić information content (AvgIpc) is 3.32. The van der Waals surface area contributed by atoms with Crippen LogP contribution in [0.2, 0.25) is 0 Å². The Hall–Kier alpha value is -3.77. The molecule has 0 radical (unpaired) electrons. The number of carbonyl (C=O) groups excluding carboxylic acids is 1. The van der Waals surface area contributed by atoms with Crippen LogP contribution in [0.15, 0.2) is 30.5 Å². The van der Waals surface area contributed by atoms with Crippen molar-refractivity contribution in [1.82, 2.24) is 24.7 Å². The second kappa shape index (κ2) is 8.64. The second-order valence-electron chi connectivity index (χ2n) is 7.88. The molecule has 1 saturated carbocycles. The normalized spacial score (nSPS) is 18.8. The Bertz CT molecular complexity index is 1190. The van der Waals surface area contributed by atoms with Crippen LogP contribution in [-0.2, 0) is 13.2 Å². The number of aryl methyl sites for hydroxylation is 1. The number of rotatable bonds is 5. The highest BCUT2D eigenvalue weighted by Crippen LogP contribution is 2.33. The van der Waals surface area contributed by atoms with E-state index in [0.29, 0.717) is 17.8 Å². The fraction of sp³-hybridized carbons (Fsp3) is 0.400. The number of hydrogen-bond donors (Lipinski definition) is 4. The maximum atomic E-state index is 13.2. The van der Waals surface area contributed by atoms with Crippen molar-refractivity contribution in [2.24, 2.45) is 7.05 Å². The van der Waals surface area contributed by atoms with Crippen molar-refractivity contribution in [2.45, 2.75) is 43.9 Å². The smallest absolute Gasteiger partial charge is 0.437 e. The fourth-order valence-corrected chi connectivity index (χ4v) is 4.04. The van der Waals surface area contributed by atoms with Gasteiger partial charge < -0.3 is 21.1 Å². The summed E-state index contributed by atoms with van der Waals surface area (Å²) in [6.45, 7) is 0. The van der Waals surface area contributed by atoms with Crippen LogP contribution in [-0.4, -0.2) is 48.6 Å². The number of anilines is 2. The van der Waals surface area contributed by atoms with Gasteiger partial charge in [0.1, 0.15) is 11.5 Å². The Labute approximate surface area is 185 Å². The molecule has 3 heterocycles. The van der Waals surface area contributed by atoms with E-state index in [4.69, 9.17) is 5.11 Å². The number of aromatic nitrogens is 4. The SMILES string of the molecule is Cn1cc(NC(=O)c2ccc3ccc(N[C@@H]4CCCC[C@@H]4NC(=O)O)nn23)c(C(F)(F)F)n1. The summed E-state index contributed by atoms with van der Waals surface area (Å²) in [5.74, 6) is -0.365. The first kappa shape index (κ1) is 22.4.